The Bertz CT molecular complexity index is 734. The minimum Gasteiger partial charge on any atom is -0.351 e. The number of anilines is 1. The van der Waals surface area contributed by atoms with Crippen molar-refractivity contribution < 1.29 is 9.59 Å². The van der Waals surface area contributed by atoms with E-state index in [1.807, 2.05) is 19.1 Å². The summed E-state index contributed by atoms with van der Waals surface area (Å²) in [4.78, 5) is 23.7. The lowest BCUT2D eigenvalue weighted by atomic mass is 9.48. The number of nitrogens with two attached hydrogens (primary N) is 1. The van der Waals surface area contributed by atoms with Gasteiger partial charge in [-0.25, -0.2) is 4.79 Å². The van der Waals surface area contributed by atoms with Gasteiger partial charge in [0.05, 0.1) is 6.04 Å². The van der Waals surface area contributed by atoms with Gasteiger partial charge in [-0.05, 0) is 80.4 Å². The van der Waals surface area contributed by atoms with Gasteiger partial charge in [-0.15, -0.1) is 0 Å². The summed E-state index contributed by atoms with van der Waals surface area (Å²) >= 11 is 4.02. The summed E-state index contributed by atoms with van der Waals surface area (Å²) in [5.41, 5.74) is 6.98. The molecule has 3 amide bonds. The monoisotopic (exact) mass is 433 g/mol. The third-order valence-corrected chi connectivity index (χ3v) is 7.63. The number of amides is 3. The molecule has 4 saturated carbocycles. The van der Waals surface area contributed by atoms with Crippen molar-refractivity contribution in [1.29, 1.82) is 0 Å². The molecule has 4 aliphatic rings. The molecule has 4 fully saturated rings. The number of nitrogens with one attached hydrogen (secondary N) is 2. The topological polar surface area (TPSA) is 84.2 Å². The van der Waals surface area contributed by atoms with E-state index in [1.54, 1.807) is 12.1 Å². The molecule has 0 spiro atoms. The molecular formula is C21H28BrN3O2. The number of carbonyl (C=O) groups is 2. The number of carbonyl (C=O) groups excluding carboxylic acids is 2. The number of rotatable bonds is 5. The molecule has 146 valence electrons. The first-order chi connectivity index (χ1) is 12.7. The maximum atomic E-state index is 12.8. The molecule has 0 saturated heterocycles. The van der Waals surface area contributed by atoms with Crippen molar-refractivity contribution in [3.8, 4) is 0 Å². The quantitative estimate of drug-likeness (QED) is 0.597. The van der Waals surface area contributed by atoms with Gasteiger partial charge in [0, 0.05) is 16.4 Å². The first kappa shape index (κ1) is 18.8. The number of primary amides is 1. The molecule has 0 aromatic heterocycles. The summed E-state index contributed by atoms with van der Waals surface area (Å²) in [6.45, 7) is 2.00. The lowest BCUT2D eigenvalue weighted by Gasteiger charge is -2.60. The Labute approximate surface area is 169 Å². The van der Waals surface area contributed by atoms with E-state index in [0.29, 0.717) is 12.1 Å². The molecule has 4 N–H and O–H groups in total. The van der Waals surface area contributed by atoms with Gasteiger partial charge in [-0.2, -0.15) is 0 Å². The lowest BCUT2D eigenvalue weighted by Crippen LogP contribution is -2.54. The molecule has 27 heavy (non-hydrogen) atoms. The number of urea groups is 1. The maximum absolute atomic E-state index is 12.8. The number of alkyl halides is 1. The number of hydrogen-bond donors (Lipinski definition) is 3. The minimum absolute atomic E-state index is 0.0630. The molecule has 5 nitrogen and oxygen atoms in total. The fourth-order valence-corrected chi connectivity index (χ4v) is 7.77. The fourth-order valence-electron chi connectivity index (χ4n) is 6.26. The summed E-state index contributed by atoms with van der Waals surface area (Å²) in [5.74, 6) is 1.74. The van der Waals surface area contributed by atoms with Gasteiger partial charge < -0.3 is 16.4 Å². The van der Waals surface area contributed by atoms with Gasteiger partial charge in [0.15, 0.2) is 0 Å². The van der Waals surface area contributed by atoms with E-state index < -0.39 is 6.03 Å². The average Bonchev–Trinajstić information content (AvgIpc) is 2.51. The zero-order valence-corrected chi connectivity index (χ0v) is 17.3. The molecule has 1 aromatic carbocycles. The second kappa shape index (κ2) is 6.80. The van der Waals surface area contributed by atoms with Crippen LogP contribution in [-0.4, -0.2) is 16.3 Å². The van der Waals surface area contributed by atoms with Gasteiger partial charge in [-0.1, -0.05) is 28.1 Å². The third kappa shape index (κ3) is 4.00. The fraction of sp³-hybridized carbons (Fsp3) is 0.619. The molecule has 1 aromatic rings. The van der Waals surface area contributed by atoms with Gasteiger partial charge >= 0.3 is 6.03 Å². The van der Waals surface area contributed by atoms with Crippen molar-refractivity contribution in [2.45, 2.75) is 62.2 Å². The molecule has 4 bridgehead atoms. The molecule has 4 aliphatic carbocycles. The Morgan fingerprint density at radius 2 is 1.81 bits per heavy atom. The van der Waals surface area contributed by atoms with E-state index >= 15 is 0 Å². The summed E-state index contributed by atoms with van der Waals surface area (Å²) in [5, 5.41) is 5.73. The van der Waals surface area contributed by atoms with Gasteiger partial charge in [0.25, 0.3) is 0 Å². The molecule has 0 aliphatic heterocycles. The van der Waals surface area contributed by atoms with Crippen molar-refractivity contribution in [3.05, 3.63) is 29.8 Å². The van der Waals surface area contributed by atoms with Crippen LogP contribution in [-0.2, 0) is 4.79 Å². The standard InChI is InChI=1S/C21H28BrN3O2/c1-13(16-2-4-17(5-3-16)25-19(23)27)24-18(26)11-20-7-14-6-15(8-20)10-21(22,9-14)12-20/h2-5,13-15H,6-12H2,1H3,(H,24,26)(H3,23,25,27). The summed E-state index contributed by atoms with van der Waals surface area (Å²) in [6, 6.07) is 6.78. The first-order valence-corrected chi connectivity index (χ1v) is 10.7. The highest BCUT2D eigenvalue weighted by molar-refractivity contribution is 9.10. The Hall–Kier alpha value is -1.56. The predicted octanol–water partition coefficient (Wildman–Crippen LogP) is 4.48. The first-order valence-electron chi connectivity index (χ1n) is 9.89. The summed E-state index contributed by atoms with van der Waals surface area (Å²) in [7, 11) is 0. The van der Waals surface area contributed by atoms with Crippen LogP contribution < -0.4 is 16.4 Å². The molecule has 3 unspecified atom stereocenters. The van der Waals surface area contributed by atoms with E-state index in [9.17, 15) is 9.59 Å². The Balaban J connectivity index is 1.37. The Morgan fingerprint density at radius 3 is 2.37 bits per heavy atom. The van der Waals surface area contributed by atoms with E-state index in [0.717, 1.165) is 23.8 Å². The maximum Gasteiger partial charge on any atom is 0.316 e. The van der Waals surface area contributed by atoms with Crippen molar-refractivity contribution in [3.63, 3.8) is 0 Å². The molecule has 3 atom stereocenters. The number of benzene rings is 1. The van der Waals surface area contributed by atoms with Crippen LogP contribution in [0.15, 0.2) is 24.3 Å². The average molecular weight is 434 g/mol. The van der Waals surface area contributed by atoms with E-state index in [4.69, 9.17) is 5.73 Å². The highest BCUT2D eigenvalue weighted by Gasteiger charge is 2.57. The zero-order valence-electron chi connectivity index (χ0n) is 15.8. The molecule has 0 heterocycles. The summed E-state index contributed by atoms with van der Waals surface area (Å²) < 4.78 is 0.284. The highest BCUT2D eigenvalue weighted by Crippen LogP contribution is 2.65. The van der Waals surface area contributed by atoms with Gasteiger partial charge in [0.1, 0.15) is 0 Å². The molecule has 5 rings (SSSR count). The van der Waals surface area contributed by atoms with E-state index in [1.165, 1.54) is 32.1 Å². The largest absolute Gasteiger partial charge is 0.351 e. The Kier molecular flexibility index (Phi) is 4.73. The van der Waals surface area contributed by atoms with Gasteiger partial charge in [0.2, 0.25) is 5.91 Å². The van der Waals surface area contributed by atoms with Crippen molar-refractivity contribution in [2.24, 2.45) is 23.0 Å². The van der Waals surface area contributed by atoms with E-state index in [-0.39, 0.29) is 21.7 Å². The smallest absolute Gasteiger partial charge is 0.316 e. The van der Waals surface area contributed by atoms with Crippen LogP contribution in [0.5, 0.6) is 0 Å². The lowest BCUT2D eigenvalue weighted by molar-refractivity contribution is -0.128. The highest BCUT2D eigenvalue weighted by atomic mass is 79.9. The third-order valence-electron chi connectivity index (χ3n) is 6.70. The van der Waals surface area contributed by atoms with Crippen LogP contribution in [0.4, 0.5) is 10.5 Å². The summed E-state index contributed by atoms with van der Waals surface area (Å²) in [6.07, 6.45) is 8.14. The van der Waals surface area contributed by atoms with Crippen LogP contribution in [0.3, 0.4) is 0 Å². The second-order valence-electron chi connectivity index (χ2n) is 9.19. The van der Waals surface area contributed by atoms with Crippen molar-refractivity contribution >= 4 is 33.6 Å². The van der Waals surface area contributed by atoms with Crippen LogP contribution in [0.2, 0.25) is 0 Å². The van der Waals surface area contributed by atoms with Crippen molar-refractivity contribution in [2.75, 3.05) is 5.32 Å². The van der Waals surface area contributed by atoms with E-state index in [2.05, 4.69) is 26.6 Å². The zero-order chi connectivity index (χ0) is 19.2. The Morgan fingerprint density at radius 1 is 1.19 bits per heavy atom. The minimum atomic E-state index is -0.579. The predicted molar refractivity (Wildman–Crippen MR) is 110 cm³/mol. The second-order valence-corrected chi connectivity index (χ2v) is 10.9. The van der Waals surface area contributed by atoms with Crippen LogP contribution in [0.25, 0.3) is 0 Å². The van der Waals surface area contributed by atoms with Crippen LogP contribution >= 0.6 is 15.9 Å². The van der Waals surface area contributed by atoms with Crippen LogP contribution in [0, 0.1) is 17.3 Å². The molecule has 6 heteroatoms. The number of hydrogen-bond acceptors (Lipinski definition) is 2. The molecule has 0 radical (unpaired) electrons. The normalized spacial score (nSPS) is 34.9. The SMILES string of the molecule is CC(NC(=O)CC12CC3CC(CC(Br)(C3)C1)C2)c1ccc(NC(N)=O)cc1. The van der Waals surface area contributed by atoms with Crippen LogP contribution in [0.1, 0.15) is 63.5 Å². The molecular weight excluding hydrogens is 406 g/mol. The van der Waals surface area contributed by atoms with Crippen molar-refractivity contribution in [1.82, 2.24) is 5.32 Å². The number of halogens is 1. The van der Waals surface area contributed by atoms with Gasteiger partial charge in [-0.3, -0.25) is 4.79 Å².